The maximum absolute atomic E-state index is 11.6. The number of thioether (sulfide) groups is 1. The number of hydrogen-bond acceptors (Lipinski definition) is 2. The number of halogens is 1. The van der Waals surface area contributed by atoms with Gasteiger partial charge >= 0.3 is 0 Å². The molecule has 1 N–H and O–H groups in total. The summed E-state index contributed by atoms with van der Waals surface area (Å²) < 4.78 is 0. The highest BCUT2D eigenvalue weighted by Gasteiger charge is 2.05. The molecule has 2 nitrogen and oxygen atoms in total. The highest BCUT2D eigenvalue weighted by molar-refractivity contribution is 8.13. The molecule has 1 rings (SSSR count). The third-order valence-corrected chi connectivity index (χ3v) is 3.37. The molecule has 0 radical (unpaired) electrons. The van der Waals surface area contributed by atoms with Crippen LogP contribution in [0, 0.1) is 0 Å². The van der Waals surface area contributed by atoms with Crippen molar-refractivity contribution in [3.05, 3.63) is 29.8 Å². The lowest BCUT2D eigenvalue weighted by Gasteiger charge is -2.06. The lowest BCUT2D eigenvalue weighted by Crippen LogP contribution is -2.21. The lowest BCUT2D eigenvalue weighted by atomic mass is 10.2. The van der Waals surface area contributed by atoms with Crippen molar-refractivity contribution in [2.24, 2.45) is 0 Å². The number of nitrogens with one attached hydrogen (secondary N) is 1. The van der Waals surface area contributed by atoms with Crippen LogP contribution >= 0.6 is 23.4 Å². The Morgan fingerprint density at radius 3 is 2.94 bits per heavy atom. The second-order valence-electron chi connectivity index (χ2n) is 3.89. The van der Waals surface area contributed by atoms with E-state index in [9.17, 15) is 4.79 Å². The summed E-state index contributed by atoms with van der Waals surface area (Å²) in [5.74, 6) is 0. The van der Waals surface area contributed by atoms with E-state index in [0.717, 1.165) is 17.7 Å². The van der Waals surface area contributed by atoms with E-state index < -0.39 is 0 Å². The number of aryl methyl sites for hydroxylation is 1. The van der Waals surface area contributed by atoms with Crippen LogP contribution in [0.4, 0.5) is 4.79 Å². The van der Waals surface area contributed by atoms with Gasteiger partial charge in [0.05, 0.1) is 0 Å². The smallest absolute Gasteiger partial charge is 0.283 e. The van der Waals surface area contributed by atoms with Gasteiger partial charge in [0, 0.05) is 16.8 Å². The predicted octanol–water partition coefficient (Wildman–Crippen LogP) is 4.07. The summed E-state index contributed by atoms with van der Waals surface area (Å²) in [6, 6.07) is 8.05. The first kappa shape index (κ1) is 14.4. The Hall–Kier alpha value is -0.670. The number of carbonyl (C=O) groups excluding carboxylic acids is 1. The second-order valence-corrected chi connectivity index (χ2v) is 5.68. The van der Waals surface area contributed by atoms with Gasteiger partial charge in [-0.2, -0.15) is 0 Å². The minimum atomic E-state index is -0.0180. The van der Waals surface area contributed by atoms with Gasteiger partial charge in [-0.25, -0.2) is 0 Å². The molecule has 1 aromatic carbocycles. The Labute approximate surface area is 112 Å². The van der Waals surface area contributed by atoms with E-state index in [1.807, 2.05) is 19.1 Å². The number of rotatable bonds is 5. The van der Waals surface area contributed by atoms with Crippen LogP contribution in [0.1, 0.15) is 25.8 Å². The highest BCUT2D eigenvalue weighted by Crippen LogP contribution is 2.20. The fourth-order valence-corrected chi connectivity index (χ4v) is 2.20. The molecule has 1 amide bonds. The molecule has 94 valence electrons. The van der Waals surface area contributed by atoms with Crippen LogP contribution in [0.2, 0.25) is 0 Å². The molecule has 0 aliphatic heterocycles. The first-order valence-electron chi connectivity index (χ1n) is 5.80. The third-order valence-electron chi connectivity index (χ3n) is 2.33. The molecule has 17 heavy (non-hydrogen) atoms. The van der Waals surface area contributed by atoms with Crippen LogP contribution in [-0.2, 0) is 6.42 Å². The van der Waals surface area contributed by atoms with Crippen molar-refractivity contribution in [2.75, 3.05) is 6.54 Å². The maximum atomic E-state index is 11.6. The van der Waals surface area contributed by atoms with E-state index in [-0.39, 0.29) is 10.6 Å². The molecule has 1 atom stereocenters. The molecule has 0 aliphatic carbocycles. The Morgan fingerprint density at radius 2 is 2.29 bits per heavy atom. The van der Waals surface area contributed by atoms with Gasteiger partial charge in [-0.15, -0.1) is 11.6 Å². The molecule has 0 aliphatic rings. The van der Waals surface area contributed by atoms with Crippen LogP contribution < -0.4 is 5.32 Å². The van der Waals surface area contributed by atoms with Crippen LogP contribution in [0.25, 0.3) is 0 Å². The van der Waals surface area contributed by atoms with E-state index in [0.29, 0.717) is 6.54 Å². The van der Waals surface area contributed by atoms with Gasteiger partial charge in [0.1, 0.15) is 0 Å². The molecule has 1 aromatic rings. The number of alkyl halides is 1. The number of carbonyl (C=O) groups is 1. The number of hydrogen-bond donors (Lipinski definition) is 1. The van der Waals surface area contributed by atoms with Gasteiger partial charge in [-0.1, -0.05) is 19.1 Å². The van der Waals surface area contributed by atoms with Crippen molar-refractivity contribution < 1.29 is 4.79 Å². The number of amides is 1. The zero-order chi connectivity index (χ0) is 12.7. The zero-order valence-corrected chi connectivity index (χ0v) is 11.8. The van der Waals surface area contributed by atoms with Crippen molar-refractivity contribution in [3.63, 3.8) is 0 Å². The number of benzene rings is 1. The summed E-state index contributed by atoms with van der Waals surface area (Å²) >= 11 is 7.03. The zero-order valence-electron chi connectivity index (χ0n) is 10.2. The van der Waals surface area contributed by atoms with E-state index in [2.05, 4.69) is 24.4 Å². The Balaban J connectivity index is 2.39. The molecule has 0 fully saturated rings. The van der Waals surface area contributed by atoms with Gasteiger partial charge in [-0.05, 0) is 49.2 Å². The first-order chi connectivity index (χ1) is 8.11. The molecule has 4 heteroatoms. The van der Waals surface area contributed by atoms with Gasteiger partial charge in [0.15, 0.2) is 0 Å². The van der Waals surface area contributed by atoms with Crippen molar-refractivity contribution in [3.8, 4) is 0 Å². The van der Waals surface area contributed by atoms with Crippen molar-refractivity contribution in [2.45, 2.75) is 37.0 Å². The monoisotopic (exact) mass is 271 g/mol. The first-order valence-corrected chi connectivity index (χ1v) is 7.05. The molecule has 0 aromatic heterocycles. The molecule has 0 spiro atoms. The third kappa shape index (κ3) is 5.99. The summed E-state index contributed by atoms with van der Waals surface area (Å²) in [6.07, 6.45) is 1.78. The minimum absolute atomic E-state index is 0.0180. The van der Waals surface area contributed by atoms with E-state index in [1.165, 1.54) is 17.3 Å². The van der Waals surface area contributed by atoms with E-state index in [1.54, 1.807) is 0 Å². The molecular formula is C13H18ClNOS. The van der Waals surface area contributed by atoms with Crippen LogP contribution in [0.3, 0.4) is 0 Å². The summed E-state index contributed by atoms with van der Waals surface area (Å²) in [5, 5.41) is 2.92. The fourth-order valence-electron chi connectivity index (χ4n) is 1.35. The van der Waals surface area contributed by atoms with Gasteiger partial charge < -0.3 is 5.32 Å². The predicted molar refractivity (Wildman–Crippen MR) is 75.0 cm³/mol. The van der Waals surface area contributed by atoms with Gasteiger partial charge in [-0.3, -0.25) is 4.79 Å². The fraction of sp³-hybridized carbons (Fsp3) is 0.462. The summed E-state index contributed by atoms with van der Waals surface area (Å²) in [4.78, 5) is 12.6. The van der Waals surface area contributed by atoms with E-state index >= 15 is 0 Å². The lowest BCUT2D eigenvalue weighted by molar-refractivity contribution is 0.260. The van der Waals surface area contributed by atoms with E-state index in [4.69, 9.17) is 11.6 Å². The maximum Gasteiger partial charge on any atom is 0.283 e. The van der Waals surface area contributed by atoms with Crippen LogP contribution in [0.15, 0.2) is 29.2 Å². The molecule has 0 saturated carbocycles. The SMILES string of the molecule is CCc1cccc(SC(=O)NCCC(C)Cl)c1. The summed E-state index contributed by atoms with van der Waals surface area (Å²) in [5.41, 5.74) is 1.25. The normalized spacial score (nSPS) is 12.2. The largest absolute Gasteiger partial charge is 0.347 e. The Kier molecular flexibility index (Phi) is 6.45. The van der Waals surface area contributed by atoms with Crippen molar-refractivity contribution >= 4 is 28.6 Å². The van der Waals surface area contributed by atoms with Gasteiger partial charge in [0.25, 0.3) is 5.24 Å². The highest BCUT2D eigenvalue weighted by atomic mass is 35.5. The average molecular weight is 272 g/mol. The topological polar surface area (TPSA) is 29.1 Å². The van der Waals surface area contributed by atoms with Gasteiger partial charge in [0.2, 0.25) is 0 Å². The Morgan fingerprint density at radius 1 is 1.53 bits per heavy atom. The molecule has 0 saturated heterocycles. The summed E-state index contributed by atoms with van der Waals surface area (Å²) in [6.45, 7) is 4.65. The molecule has 0 heterocycles. The standard InChI is InChI=1S/C13H18ClNOS/c1-3-11-5-4-6-12(9-11)17-13(16)15-8-7-10(2)14/h4-6,9-10H,3,7-8H2,1-2H3,(H,15,16). The van der Waals surface area contributed by atoms with Crippen LogP contribution in [0.5, 0.6) is 0 Å². The molecular weight excluding hydrogens is 254 g/mol. The van der Waals surface area contributed by atoms with Crippen LogP contribution in [-0.4, -0.2) is 17.2 Å². The minimum Gasteiger partial charge on any atom is -0.347 e. The summed E-state index contributed by atoms with van der Waals surface area (Å²) in [7, 11) is 0. The second kappa shape index (κ2) is 7.62. The van der Waals surface area contributed by atoms with Crippen molar-refractivity contribution in [1.29, 1.82) is 0 Å². The molecule has 0 bridgehead atoms. The quantitative estimate of drug-likeness (QED) is 0.646. The van der Waals surface area contributed by atoms with Crippen molar-refractivity contribution in [1.82, 2.24) is 5.32 Å². The average Bonchev–Trinajstić information content (AvgIpc) is 2.28. The Bertz CT molecular complexity index is 368. The molecule has 1 unspecified atom stereocenters.